The van der Waals surface area contributed by atoms with Crippen LogP contribution in [-0.4, -0.2) is 142 Å². The summed E-state index contributed by atoms with van der Waals surface area (Å²) in [7, 11) is 0. The Hall–Kier alpha value is -2.28. The Morgan fingerprint density at radius 3 is 1.37 bits per heavy atom. The van der Waals surface area contributed by atoms with Crippen LogP contribution in [0.2, 0.25) is 0 Å². The Morgan fingerprint density at radius 2 is 0.857 bits per heavy atom. The highest BCUT2D eigenvalue weighted by molar-refractivity contribution is 5.70. The Labute approximate surface area is 421 Å². The van der Waals surface area contributed by atoms with Gasteiger partial charge in [-0.05, 0) is 70.6 Å². The molecule has 2 aliphatic heterocycles. The van der Waals surface area contributed by atoms with Crippen molar-refractivity contribution in [3.8, 4) is 0 Å². The van der Waals surface area contributed by atoms with Gasteiger partial charge in [0.1, 0.15) is 55.4 Å². The van der Waals surface area contributed by atoms with Crippen molar-refractivity contribution < 1.29 is 73.8 Å². The molecule has 0 aromatic heterocycles. The van der Waals surface area contributed by atoms with Crippen LogP contribution in [0.4, 0.5) is 0 Å². The van der Waals surface area contributed by atoms with Crippen molar-refractivity contribution in [2.75, 3.05) is 26.4 Å². The topological polar surface area (TPSA) is 231 Å². The number of esters is 2. The zero-order valence-corrected chi connectivity index (χ0v) is 43.3. The van der Waals surface area contributed by atoms with Crippen LogP contribution in [0, 0.1) is 0 Å². The second-order valence-corrected chi connectivity index (χ2v) is 19.4. The molecule has 7 N–H and O–H groups in total. The van der Waals surface area contributed by atoms with Gasteiger partial charge >= 0.3 is 11.9 Å². The molecule has 2 saturated heterocycles. The van der Waals surface area contributed by atoms with Crippen LogP contribution in [0.15, 0.2) is 36.5 Å². The van der Waals surface area contributed by atoms with E-state index in [4.69, 9.17) is 28.4 Å². The summed E-state index contributed by atoms with van der Waals surface area (Å²) in [6.45, 7) is 2.56. The number of aliphatic hydroxyl groups excluding tert-OH is 7. The van der Waals surface area contributed by atoms with Crippen LogP contribution < -0.4 is 0 Å². The van der Waals surface area contributed by atoms with Crippen molar-refractivity contribution in [1.29, 1.82) is 0 Å². The summed E-state index contributed by atoms with van der Waals surface area (Å²) in [6.07, 6.45) is 28.8. The largest absolute Gasteiger partial charge is 0.462 e. The van der Waals surface area contributed by atoms with Crippen molar-refractivity contribution >= 4 is 11.9 Å². The molecule has 11 atom stereocenters. The average Bonchev–Trinajstić information content (AvgIpc) is 3.35. The molecule has 2 aliphatic rings. The average molecular weight is 999 g/mol. The number of allylic oxidation sites excluding steroid dienone is 6. The molecule has 15 nitrogen and oxygen atoms in total. The Bertz CT molecular complexity index is 1360. The van der Waals surface area contributed by atoms with Gasteiger partial charge in [-0.1, -0.05) is 159 Å². The molecule has 0 radical (unpaired) electrons. The molecule has 2 fully saturated rings. The van der Waals surface area contributed by atoms with Crippen molar-refractivity contribution in [3.05, 3.63) is 36.5 Å². The van der Waals surface area contributed by atoms with E-state index in [-0.39, 0.29) is 26.1 Å². The Kier molecular flexibility index (Phi) is 38.4. The summed E-state index contributed by atoms with van der Waals surface area (Å²) in [5.74, 6) is -0.939. The molecule has 15 heteroatoms. The van der Waals surface area contributed by atoms with E-state index in [0.717, 1.165) is 64.2 Å². The second kappa shape index (κ2) is 42.1. The lowest BCUT2D eigenvalue weighted by molar-refractivity contribution is -0.332. The lowest BCUT2D eigenvalue weighted by Gasteiger charge is -2.42. The molecule has 0 aliphatic carbocycles. The number of carbonyl (C=O) groups is 2. The van der Waals surface area contributed by atoms with Gasteiger partial charge in [0.15, 0.2) is 18.7 Å². The first kappa shape index (κ1) is 63.8. The molecule has 4 unspecified atom stereocenters. The zero-order chi connectivity index (χ0) is 51.0. The minimum absolute atomic E-state index is 0.149. The minimum Gasteiger partial charge on any atom is -0.462 e. The smallest absolute Gasteiger partial charge is 0.306 e. The SMILES string of the molecule is CCCCC/C=C/C/C=C/CCCCCCCC(=O)O[C@@H](COC(=O)CCCCCCCCCCC/C=C/CCCCCCCC)CO[C@@H]1O[C@H](CO[C@@H]2O[C@H](CO)[C@H](O)C(O)C2O)[C@H](O)C(O)C1O. The fraction of sp³-hybridized carbons (Fsp3) is 0.855. The summed E-state index contributed by atoms with van der Waals surface area (Å²) in [6, 6.07) is 0. The third-order valence-electron chi connectivity index (χ3n) is 13.1. The third kappa shape index (κ3) is 29.4. The maximum atomic E-state index is 13.0. The molecule has 70 heavy (non-hydrogen) atoms. The number of ether oxygens (including phenoxy) is 6. The predicted octanol–water partition coefficient (Wildman–Crippen LogP) is 8.49. The summed E-state index contributed by atoms with van der Waals surface area (Å²) in [4.78, 5) is 25.8. The number of hydrogen-bond donors (Lipinski definition) is 7. The predicted molar refractivity (Wildman–Crippen MR) is 270 cm³/mol. The molecule has 0 bridgehead atoms. The van der Waals surface area contributed by atoms with E-state index < -0.39 is 92.7 Å². The van der Waals surface area contributed by atoms with Gasteiger partial charge in [0.05, 0.1) is 19.8 Å². The normalized spacial score (nSPS) is 25.6. The van der Waals surface area contributed by atoms with E-state index in [1.54, 1.807) is 0 Å². The lowest BCUT2D eigenvalue weighted by atomic mass is 9.98. The summed E-state index contributed by atoms with van der Waals surface area (Å²) < 4.78 is 33.6. The van der Waals surface area contributed by atoms with Crippen molar-refractivity contribution in [1.82, 2.24) is 0 Å². The zero-order valence-electron chi connectivity index (χ0n) is 43.3. The summed E-state index contributed by atoms with van der Waals surface area (Å²) in [5, 5.41) is 72.2. The van der Waals surface area contributed by atoms with E-state index in [2.05, 4.69) is 50.3 Å². The number of hydrogen-bond acceptors (Lipinski definition) is 15. The van der Waals surface area contributed by atoms with Crippen molar-refractivity contribution in [2.45, 2.75) is 274 Å². The maximum Gasteiger partial charge on any atom is 0.306 e. The van der Waals surface area contributed by atoms with Gasteiger partial charge in [0, 0.05) is 12.8 Å². The first-order valence-corrected chi connectivity index (χ1v) is 27.6. The van der Waals surface area contributed by atoms with Gasteiger partial charge in [-0.3, -0.25) is 9.59 Å². The first-order chi connectivity index (χ1) is 34.0. The Balaban J connectivity index is 1.78. The number of aliphatic hydroxyl groups is 7. The van der Waals surface area contributed by atoms with Gasteiger partial charge in [-0.15, -0.1) is 0 Å². The highest BCUT2D eigenvalue weighted by Gasteiger charge is 2.47. The quantitative estimate of drug-likeness (QED) is 0.0173. The molecule has 0 saturated carbocycles. The van der Waals surface area contributed by atoms with E-state index in [9.17, 15) is 45.3 Å². The maximum absolute atomic E-state index is 13.0. The van der Waals surface area contributed by atoms with Crippen LogP contribution in [0.3, 0.4) is 0 Å². The number of carbonyl (C=O) groups excluding carboxylic acids is 2. The van der Waals surface area contributed by atoms with E-state index in [0.29, 0.717) is 12.8 Å². The highest BCUT2D eigenvalue weighted by Crippen LogP contribution is 2.26. The van der Waals surface area contributed by atoms with Gasteiger partial charge in [0.2, 0.25) is 0 Å². The van der Waals surface area contributed by atoms with Gasteiger partial charge < -0.3 is 64.2 Å². The molecule has 2 rings (SSSR count). The van der Waals surface area contributed by atoms with Crippen molar-refractivity contribution in [3.63, 3.8) is 0 Å². The summed E-state index contributed by atoms with van der Waals surface area (Å²) in [5.41, 5.74) is 0. The fourth-order valence-electron chi connectivity index (χ4n) is 8.54. The molecule has 2 heterocycles. The second-order valence-electron chi connectivity index (χ2n) is 19.4. The third-order valence-corrected chi connectivity index (χ3v) is 13.1. The molecule has 408 valence electrons. The standard InChI is InChI=1S/C55H98O15/c1-3-5-7-9-11-13-15-17-19-20-21-22-24-25-27-29-31-33-35-37-46(57)65-40-43(68-47(58)38-36-34-32-30-28-26-23-18-16-14-12-10-8-6-4-2)41-66-54-53(64)51(62)49(60)45(70-54)42-67-55-52(63)50(61)48(59)44(39-56)69-55/h12,14,17-19,23,43-45,48-56,59-64H,3-11,13,15-16,20-22,24-42H2,1-2H3/b14-12+,19-17+,23-18+/t43-,44+,45+,48-,49-,50?,51?,52?,53?,54+,55+/m0/s1. The molecule has 0 aromatic rings. The molecule has 0 amide bonds. The molecular weight excluding hydrogens is 901 g/mol. The number of unbranched alkanes of at least 4 members (excludes halogenated alkanes) is 23. The van der Waals surface area contributed by atoms with Gasteiger partial charge in [-0.2, -0.15) is 0 Å². The lowest BCUT2D eigenvalue weighted by Crippen LogP contribution is -2.61. The van der Waals surface area contributed by atoms with Crippen LogP contribution in [0.1, 0.15) is 206 Å². The van der Waals surface area contributed by atoms with Gasteiger partial charge in [-0.25, -0.2) is 0 Å². The monoisotopic (exact) mass is 999 g/mol. The number of rotatable bonds is 43. The molecule has 0 spiro atoms. The van der Waals surface area contributed by atoms with Gasteiger partial charge in [0.25, 0.3) is 0 Å². The van der Waals surface area contributed by atoms with Crippen LogP contribution in [-0.2, 0) is 38.0 Å². The van der Waals surface area contributed by atoms with Crippen molar-refractivity contribution in [2.24, 2.45) is 0 Å². The van der Waals surface area contributed by atoms with E-state index >= 15 is 0 Å². The minimum atomic E-state index is -1.77. The highest BCUT2D eigenvalue weighted by atomic mass is 16.7. The molecule has 0 aromatic carbocycles. The van der Waals surface area contributed by atoms with E-state index in [1.807, 2.05) is 0 Å². The van der Waals surface area contributed by atoms with Crippen LogP contribution in [0.5, 0.6) is 0 Å². The first-order valence-electron chi connectivity index (χ1n) is 27.6. The molecular formula is C55H98O15. The van der Waals surface area contributed by atoms with Crippen LogP contribution >= 0.6 is 0 Å². The summed E-state index contributed by atoms with van der Waals surface area (Å²) >= 11 is 0. The van der Waals surface area contributed by atoms with Crippen LogP contribution in [0.25, 0.3) is 0 Å². The fourth-order valence-corrected chi connectivity index (χ4v) is 8.54. The van der Waals surface area contributed by atoms with E-state index in [1.165, 1.54) is 103 Å². The Morgan fingerprint density at radius 1 is 0.457 bits per heavy atom.